The van der Waals surface area contributed by atoms with Crippen molar-refractivity contribution in [1.29, 1.82) is 0 Å². The monoisotopic (exact) mass is 305 g/mol. The van der Waals surface area contributed by atoms with E-state index in [0.29, 0.717) is 12.8 Å². The van der Waals surface area contributed by atoms with Crippen molar-refractivity contribution in [3.63, 3.8) is 0 Å². The largest absolute Gasteiger partial charge is 0.410 e. The van der Waals surface area contributed by atoms with Crippen molar-refractivity contribution >= 4 is 24.1 Å². The van der Waals surface area contributed by atoms with Crippen LogP contribution in [0, 0.1) is 5.92 Å². The van der Waals surface area contributed by atoms with E-state index in [2.05, 4.69) is 93.0 Å². The van der Waals surface area contributed by atoms with Gasteiger partial charge in [-0.25, -0.2) is 4.57 Å². The first-order chi connectivity index (χ1) is 11.0. The molecule has 0 radical (unpaired) electrons. The van der Waals surface area contributed by atoms with E-state index in [4.69, 9.17) is 0 Å². The highest BCUT2D eigenvalue weighted by Gasteiger charge is 2.33. The van der Waals surface area contributed by atoms with Crippen molar-refractivity contribution in [2.24, 2.45) is 13.0 Å². The van der Waals surface area contributed by atoms with Gasteiger partial charge in [-0.15, -0.1) is 0 Å². The highest BCUT2D eigenvalue weighted by Crippen LogP contribution is 2.10. The van der Waals surface area contributed by atoms with Crippen LogP contribution >= 0.6 is 0 Å². The molecule has 0 atom stereocenters. The minimum atomic E-state index is 0.294. The van der Waals surface area contributed by atoms with E-state index in [1.165, 1.54) is 27.1 Å². The molecule has 118 valence electrons. The van der Waals surface area contributed by atoms with Crippen LogP contribution in [0.1, 0.15) is 26.3 Å². The van der Waals surface area contributed by atoms with Crippen LogP contribution in [0.25, 0.3) is 11.7 Å². The van der Waals surface area contributed by atoms with E-state index in [1.54, 1.807) is 0 Å². The van der Waals surface area contributed by atoms with E-state index >= 15 is 0 Å². The number of nitrogens with zero attached hydrogens (tertiary/aromatic N) is 2. The molecule has 2 aromatic rings. The van der Waals surface area contributed by atoms with Crippen molar-refractivity contribution in [3.8, 4) is 0 Å². The minimum Gasteiger partial charge on any atom is -0.410 e. The molecule has 0 fully saturated rings. The Balaban J connectivity index is 2.13. The van der Waals surface area contributed by atoms with Crippen molar-refractivity contribution in [3.05, 3.63) is 58.6 Å². The van der Waals surface area contributed by atoms with Gasteiger partial charge in [0.1, 0.15) is 7.05 Å². The molecule has 1 aliphatic rings. The predicted octanol–water partition coefficient (Wildman–Crippen LogP) is 1.00. The van der Waals surface area contributed by atoms with Crippen molar-refractivity contribution < 1.29 is 4.57 Å². The van der Waals surface area contributed by atoms with Gasteiger partial charge in [0, 0.05) is 12.1 Å². The molecule has 0 saturated carbocycles. The molecule has 2 heterocycles. The Morgan fingerprint density at radius 2 is 1.91 bits per heavy atom. The first-order valence-corrected chi connectivity index (χ1v) is 8.45. The predicted molar refractivity (Wildman–Crippen MR) is 98.6 cm³/mol. The molecule has 0 bridgehead atoms. The standard InChI is InChI=1S/C20H26BN2/c1-15(2)12-17-10-11-22(4)20(13-17)21-16(3)19-9-7-6-8-18(19)14-23(21)5/h6-11,13-15H,12H2,1-5H3/q+1. The fourth-order valence-corrected chi connectivity index (χ4v) is 3.65. The molecular formula is C20H26BN2+. The highest BCUT2D eigenvalue weighted by atomic mass is 15.0. The number of benzene rings is 1. The van der Waals surface area contributed by atoms with E-state index in [1.807, 2.05) is 0 Å². The van der Waals surface area contributed by atoms with Gasteiger partial charge in [-0.3, -0.25) is 0 Å². The summed E-state index contributed by atoms with van der Waals surface area (Å²) in [5.41, 5.74) is 4.20. The second-order valence-electron chi connectivity index (χ2n) is 7.14. The molecule has 1 aromatic heterocycles. The quantitative estimate of drug-likeness (QED) is 0.606. The number of aryl methyl sites for hydroxylation is 1. The number of hydrogen-bond acceptors (Lipinski definition) is 1. The summed E-state index contributed by atoms with van der Waals surface area (Å²) in [4.78, 5) is 2.34. The van der Waals surface area contributed by atoms with Gasteiger partial charge in [-0.2, -0.15) is 0 Å². The van der Waals surface area contributed by atoms with Gasteiger partial charge in [0.25, 0.3) is 0 Å². The lowest BCUT2D eigenvalue weighted by molar-refractivity contribution is -0.654. The third kappa shape index (κ3) is 3.05. The molecule has 2 nitrogen and oxygen atoms in total. The number of rotatable bonds is 3. The van der Waals surface area contributed by atoms with Gasteiger partial charge >= 0.3 is 6.85 Å². The molecule has 3 heteroatoms. The van der Waals surface area contributed by atoms with Crippen LogP contribution in [0.3, 0.4) is 0 Å². The Hall–Kier alpha value is -2.03. The maximum absolute atomic E-state index is 2.38. The van der Waals surface area contributed by atoms with Crippen LogP contribution in [0.4, 0.5) is 0 Å². The molecule has 3 rings (SSSR count). The minimum absolute atomic E-state index is 0.294. The van der Waals surface area contributed by atoms with Crippen LogP contribution in [0.2, 0.25) is 0 Å². The zero-order valence-electron chi connectivity index (χ0n) is 14.9. The maximum Gasteiger partial charge on any atom is 0.399 e. The highest BCUT2D eigenvalue weighted by molar-refractivity contribution is 6.85. The third-order valence-corrected chi connectivity index (χ3v) is 4.72. The van der Waals surface area contributed by atoms with Crippen molar-refractivity contribution in [2.45, 2.75) is 27.2 Å². The fraction of sp³-hybridized carbons (Fsp3) is 0.350. The zero-order valence-corrected chi connectivity index (χ0v) is 14.9. The van der Waals surface area contributed by atoms with Gasteiger partial charge in [0.2, 0.25) is 0 Å². The fourth-order valence-electron chi connectivity index (χ4n) is 3.65. The molecule has 1 aliphatic heterocycles. The first-order valence-electron chi connectivity index (χ1n) is 8.45. The number of pyridine rings is 1. The molecule has 0 saturated heterocycles. The topological polar surface area (TPSA) is 7.12 Å². The van der Waals surface area contributed by atoms with E-state index in [0.717, 1.165) is 6.42 Å². The average molecular weight is 305 g/mol. The van der Waals surface area contributed by atoms with Gasteiger partial charge in [-0.05, 0) is 48.5 Å². The van der Waals surface area contributed by atoms with E-state index in [-0.39, 0.29) is 0 Å². The van der Waals surface area contributed by atoms with E-state index in [9.17, 15) is 0 Å². The lowest BCUT2D eigenvalue weighted by atomic mass is 9.49. The second kappa shape index (κ2) is 6.23. The van der Waals surface area contributed by atoms with Gasteiger partial charge in [0.15, 0.2) is 11.8 Å². The Kier molecular flexibility index (Phi) is 4.30. The molecule has 0 N–H and O–H groups in total. The first kappa shape index (κ1) is 15.9. The summed E-state index contributed by atoms with van der Waals surface area (Å²) in [5.74, 6) is 0.678. The summed E-state index contributed by atoms with van der Waals surface area (Å²) in [5, 5.41) is 2.68. The summed E-state index contributed by atoms with van der Waals surface area (Å²) in [6, 6.07) is 13.3. The Bertz CT molecular complexity index is 839. The number of fused-ring (bicyclic) bond motifs is 1. The van der Waals surface area contributed by atoms with Gasteiger partial charge in [0.05, 0.1) is 0 Å². The maximum atomic E-state index is 2.38. The summed E-state index contributed by atoms with van der Waals surface area (Å²) in [7, 11) is 4.33. The number of aromatic nitrogens is 1. The Morgan fingerprint density at radius 1 is 1.17 bits per heavy atom. The van der Waals surface area contributed by atoms with Crippen LogP contribution in [0.15, 0.2) is 42.6 Å². The summed E-state index contributed by atoms with van der Waals surface area (Å²) in [6.07, 6.45) is 5.60. The van der Waals surface area contributed by atoms with Crippen molar-refractivity contribution in [1.82, 2.24) is 4.81 Å². The Labute approximate surface area is 139 Å². The molecule has 0 amide bonds. The van der Waals surface area contributed by atoms with Gasteiger partial charge < -0.3 is 4.81 Å². The Morgan fingerprint density at radius 3 is 2.65 bits per heavy atom. The molecular weight excluding hydrogens is 279 g/mol. The lowest BCUT2D eigenvalue weighted by Gasteiger charge is -2.26. The third-order valence-electron chi connectivity index (χ3n) is 4.72. The molecule has 0 aliphatic carbocycles. The lowest BCUT2D eigenvalue weighted by Crippen LogP contribution is -2.62. The average Bonchev–Trinajstić information content (AvgIpc) is 2.50. The zero-order chi connectivity index (χ0) is 16.6. The van der Waals surface area contributed by atoms with Crippen LogP contribution in [-0.2, 0) is 13.5 Å². The molecule has 0 unspecified atom stereocenters. The molecule has 0 spiro atoms. The van der Waals surface area contributed by atoms with Crippen LogP contribution in [0.5, 0.6) is 0 Å². The number of hydrogen-bond donors (Lipinski definition) is 0. The summed E-state index contributed by atoms with van der Waals surface area (Å²) >= 11 is 0. The van der Waals surface area contributed by atoms with Crippen LogP contribution in [-0.4, -0.2) is 18.7 Å². The summed E-state index contributed by atoms with van der Waals surface area (Å²) < 4.78 is 2.26. The van der Waals surface area contributed by atoms with E-state index < -0.39 is 0 Å². The summed E-state index contributed by atoms with van der Waals surface area (Å²) in [6.45, 7) is 7.12. The molecule has 1 aromatic carbocycles. The van der Waals surface area contributed by atoms with Crippen molar-refractivity contribution in [2.75, 3.05) is 7.05 Å². The smallest absolute Gasteiger partial charge is 0.399 e. The second-order valence-corrected chi connectivity index (χ2v) is 7.14. The van der Waals surface area contributed by atoms with Gasteiger partial charge in [-0.1, -0.05) is 43.6 Å². The normalized spacial score (nSPS) is 14.1. The SMILES string of the molecule is CC1=c2ccccc2=CN(C)B1c1cc(CC(C)C)cc[n+]1C. The molecule has 23 heavy (non-hydrogen) atoms. The van der Waals surface area contributed by atoms with Crippen LogP contribution < -0.4 is 20.6 Å².